The summed E-state index contributed by atoms with van der Waals surface area (Å²) < 4.78 is 29.7. The minimum Gasteiger partial charge on any atom is -0.497 e. The number of rotatable bonds is 9. The van der Waals surface area contributed by atoms with E-state index in [4.69, 9.17) is 14.2 Å². The van der Waals surface area contributed by atoms with Crippen LogP contribution in [0.25, 0.3) is 0 Å². The molecule has 0 aliphatic heterocycles. The maximum Gasteiger partial charge on any atom is 0.261 e. The van der Waals surface area contributed by atoms with Crippen LogP contribution >= 0.6 is 0 Å². The molecule has 0 aromatic heterocycles. The van der Waals surface area contributed by atoms with Gasteiger partial charge in [0.15, 0.2) is 17.7 Å². The lowest BCUT2D eigenvalue weighted by Gasteiger charge is -2.17. The van der Waals surface area contributed by atoms with Gasteiger partial charge in [-0.05, 0) is 30.7 Å². The van der Waals surface area contributed by atoms with Crippen LogP contribution in [0.5, 0.6) is 17.2 Å². The molecule has 5 nitrogen and oxygen atoms in total. The predicted molar refractivity (Wildman–Crippen MR) is 92.6 cm³/mol. The highest BCUT2D eigenvalue weighted by molar-refractivity contribution is 5.81. The fraction of sp³-hybridized carbons (Fsp3) is 0.316. The summed E-state index contributed by atoms with van der Waals surface area (Å²) in [4.78, 5) is 12.2. The van der Waals surface area contributed by atoms with Gasteiger partial charge in [-0.25, -0.2) is 4.39 Å². The van der Waals surface area contributed by atoms with Gasteiger partial charge in [-0.1, -0.05) is 25.1 Å². The number of halogens is 1. The van der Waals surface area contributed by atoms with Gasteiger partial charge in [0, 0.05) is 6.07 Å². The van der Waals surface area contributed by atoms with E-state index in [2.05, 4.69) is 5.32 Å². The number of nitrogens with one attached hydrogen (secondary N) is 1. The zero-order valence-electron chi connectivity index (χ0n) is 14.3. The Balaban J connectivity index is 1.79. The second-order valence-corrected chi connectivity index (χ2v) is 5.26. The minimum absolute atomic E-state index is 0.0668. The Bertz CT molecular complexity index is 693. The Morgan fingerprint density at radius 2 is 1.92 bits per heavy atom. The fourth-order valence-corrected chi connectivity index (χ4v) is 2.16. The number of benzene rings is 2. The molecule has 6 heteroatoms. The number of hydrogen-bond donors (Lipinski definition) is 1. The first-order valence-corrected chi connectivity index (χ1v) is 8.09. The van der Waals surface area contributed by atoms with Crippen molar-refractivity contribution in [3.8, 4) is 17.2 Å². The number of methoxy groups -OCH3 is 1. The highest BCUT2D eigenvalue weighted by Crippen LogP contribution is 2.19. The van der Waals surface area contributed by atoms with E-state index >= 15 is 0 Å². The number of carbonyl (C=O) groups is 1. The number of para-hydroxylation sites is 1. The Morgan fingerprint density at radius 1 is 1.16 bits per heavy atom. The first-order chi connectivity index (χ1) is 12.1. The van der Waals surface area contributed by atoms with Crippen molar-refractivity contribution in [3.05, 3.63) is 54.3 Å². The number of carbonyl (C=O) groups excluding carboxylic acids is 1. The third-order valence-corrected chi connectivity index (χ3v) is 3.48. The summed E-state index contributed by atoms with van der Waals surface area (Å²) in [5.74, 6) is 0.626. The van der Waals surface area contributed by atoms with Crippen LogP contribution in [0.1, 0.15) is 13.3 Å². The molecule has 2 aromatic carbocycles. The zero-order valence-corrected chi connectivity index (χ0v) is 14.3. The van der Waals surface area contributed by atoms with Gasteiger partial charge in [0.25, 0.3) is 5.91 Å². The van der Waals surface area contributed by atoms with E-state index < -0.39 is 11.9 Å². The summed E-state index contributed by atoms with van der Waals surface area (Å²) in [5.41, 5.74) is 0. The molecule has 2 aromatic rings. The SMILES string of the molecule is CCC(Oc1ccccc1F)C(=O)NCCOc1cccc(OC)c1. The Hall–Kier alpha value is -2.76. The summed E-state index contributed by atoms with van der Waals surface area (Å²) in [6.45, 7) is 2.42. The van der Waals surface area contributed by atoms with Gasteiger partial charge in [0.1, 0.15) is 18.1 Å². The second kappa shape index (κ2) is 9.52. The van der Waals surface area contributed by atoms with Gasteiger partial charge in [-0.15, -0.1) is 0 Å². The van der Waals surface area contributed by atoms with E-state index in [9.17, 15) is 9.18 Å². The van der Waals surface area contributed by atoms with Crippen molar-refractivity contribution in [1.82, 2.24) is 5.32 Å². The minimum atomic E-state index is -0.756. The van der Waals surface area contributed by atoms with Crippen LogP contribution in [0, 0.1) is 5.82 Å². The summed E-state index contributed by atoms with van der Waals surface area (Å²) >= 11 is 0. The first-order valence-electron chi connectivity index (χ1n) is 8.09. The molecule has 1 N–H and O–H groups in total. The number of hydrogen-bond acceptors (Lipinski definition) is 4. The molecule has 0 saturated heterocycles. The molecular formula is C19H22FNO4. The van der Waals surface area contributed by atoms with E-state index in [1.807, 2.05) is 12.1 Å². The van der Waals surface area contributed by atoms with Crippen LogP contribution in [0.2, 0.25) is 0 Å². The summed E-state index contributed by atoms with van der Waals surface area (Å²) in [7, 11) is 1.58. The van der Waals surface area contributed by atoms with Gasteiger partial charge in [0.05, 0.1) is 13.7 Å². The topological polar surface area (TPSA) is 56.8 Å². The smallest absolute Gasteiger partial charge is 0.261 e. The number of ether oxygens (including phenoxy) is 3. The van der Waals surface area contributed by atoms with Crippen molar-refractivity contribution in [3.63, 3.8) is 0 Å². The molecule has 1 atom stereocenters. The average molecular weight is 347 g/mol. The Labute approximate surface area is 146 Å². The van der Waals surface area contributed by atoms with Crippen LogP contribution in [-0.4, -0.2) is 32.3 Å². The monoisotopic (exact) mass is 347 g/mol. The molecule has 0 bridgehead atoms. The maximum absolute atomic E-state index is 13.6. The van der Waals surface area contributed by atoms with E-state index in [-0.39, 0.29) is 11.7 Å². The van der Waals surface area contributed by atoms with Gasteiger partial charge in [0.2, 0.25) is 0 Å². The van der Waals surface area contributed by atoms with Gasteiger partial charge in [-0.3, -0.25) is 4.79 Å². The molecule has 0 aliphatic carbocycles. The molecular weight excluding hydrogens is 325 g/mol. The van der Waals surface area contributed by atoms with E-state index in [1.165, 1.54) is 12.1 Å². The molecule has 0 spiro atoms. The molecule has 1 unspecified atom stereocenters. The third kappa shape index (κ3) is 5.67. The third-order valence-electron chi connectivity index (χ3n) is 3.48. The first kappa shape index (κ1) is 18.6. The van der Waals surface area contributed by atoms with Gasteiger partial charge >= 0.3 is 0 Å². The molecule has 0 heterocycles. The fourth-order valence-electron chi connectivity index (χ4n) is 2.16. The van der Waals surface area contributed by atoms with Gasteiger partial charge < -0.3 is 19.5 Å². The van der Waals surface area contributed by atoms with Crippen molar-refractivity contribution in [2.45, 2.75) is 19.4 Å². The molecule has 0 fully saturated rings. The van der Waals surface area contributed by atoms with Crippen molar-refractivity contribution in [2.75, 3.05) is 20.3 Å². The van der Waals surface area contributed by atoms with Crippen LogP contribution in [-0.2, 0) is 4.79 Å². The summed E-state index contributed by atoms with van der Waals surface area (Å²) in [6, 6.07) is 13.2. The summed E-state index contributed by atoms with van der Waals surface area (Å²) in [5, 5.41) is 2.73. The Kier molecular flexibility index (Phi) is 7.07. The maximum atomic E-state index is 13.6. The molecule has 2 rings (SSSR count). The van der Waals surface area contributed by atoms with Crippen LogP contribution in [0.3, 0.4) is 0 Å². The molecule has 134 valence electrons. The van der Waals surface area contributed by atoms with Crippen molar-refractivity contribution < 1.29 is 23.4 Å². The molecule has 25 heavy (non-hydrogen) atoms. The van der Waals surface area contributed by atoms with Crippen molar-refractivity contribution in [2.24, 2.45) is 0 Å². The van der Waals surface area contributed by atoms with E-state index in [1.54, 1.807) is 38.3 Å². The van der Waals surface area contributed by atoms with E-state index in [0.717, 1.165) is 0 Å². The molecule has 0 saturated carbocycles. The highest BCUT2D eigenvalue weighted by atomic mass is 19.1. The lowest BCUT2D eigenvalue weighted by atomic mass is 10.2. The number of amides is 1. The lowest BCUT2D eigenvalue weighted by molar-refractivity contribution is -0.128. The summed E-state index contributed by atoms with van der Waals surface area (Å²) in [6.07, 6.45) is -0.328. The lowest BCUT2D eigenvalue weighted by Crippen LogP contribution is -2.39. The standard InChI is InChI=1S/C19H22FNO4/c1-3-17(25-18-10-5-4-9-16(18)20)19(22)21-11-12-24-15-8-6-7-14(13-15)23-2/h4-10,13,17H,3,11-12H2,1-2H3,(H,21,22). The largest absolute Gasteiger partial charge is 0.497 e. The Morgan fingerprint density at radius 3 is 2.64 bits per heavy atom. The average Bonchev–Trinajstić information content (AvgIpc) is 2.64. The second-order valence-electron chi connectivity index (χ2n) is 5.26. The molecule has 1 amide bonds. The van der Waals surface area contributed by atoms with E-state index in [0.29, 0.717) is 31.1 Å². The van der Waals surface area contributed by atoms with Gasteiger partial charge in [-0.2, -0.15) is 0 Å². The van der Waals surface area contributed by atoms with Crippen LogP contribution in [0.15, 0.2) is 48.5 Å². The predicted octanol–water partition coefficient (Wildman–Crippen LogP) is 3.19. The zero-order chi connectivity index (χ0) is 18.1. The van der Waals surface area contributed by atoms with Crippen molar-refractivity contribution in [1.29, 1.82) is 0 Å². The van der Waals surface area contributed by atoms with Crippen LogP contribution in [0.4, 0.5) is 4.39 Å². The molecule has 0 aliphatic rings. The molecule has 0 radical (unpaired) electrons. The highest BCUT2D eigenvalue weighted by Gasteiger charge is 2.19. The quantitative estimate of drug-likeness (QED) is 0.708. The van der Waals surface area contributed by atoms with Crippen molar-refractivity contribution >= 4 is 5.91 Å². The van der Waals surface area contributed by atoms with Crippen LogP contribution < -0.4 is 19.5 Å². The normalized spacial score (nSPS) is 11.5.